The standard InChI is InChI=1S/C18H16FN5OS/c19-14-7-12-15(8-16(14)23-4-2-20-3-5-23)21-9-13-17(12)22-24(18(13)25)11-1-6-26-10-11/h1,6-10,20,22H,2-5H2. The van der Waals surface area contributed by atoms with Crippen molar-refractivity contribution in [2.75, 3.05) is 31.1 Å². The molecule has 8 heteroatoms. The summed E-state index contributed by atoms with van der Waals surface area (Å²) in [6.07, 6.45) is 1.57. The van der Waals surface area contributed by atoms with E-state index in [1.54, 1.807) is 12.3 Å². The Morgan fingerprint density at radius 3 is 2.81 bits per heavy atom. The van der Waals surface area contributed by atoms with E-state index in [0.717, 1.165) is 31.9 Å². The highest BCUT2D eigenvalue weighted by molar-refractivity contribution is 7.08. The van der Waals surface area contributed by atoms with Crippen molar-refractivity contribution in [3.8, 4) is 5.69 Å². The molecule has 1 fully saturated rings. The molecule has 1 aliphatic heterocycles. The maximum atomic E-state index is 14.8. The van der Waals surface area contributed by atoms with Crippen LogP contribution in [0.15, 0.2) is 40.0 Å². The van der Waals surface area contributed by atoms with Crippen LogP contribution in [-0.2, 0) is 0 Å². The van der Waals surface area contributed by atoms with Crippen molar-refractivity contribution in [3.05, 3.63) is 51.3 Å². The van der Waals surface area contributed by atoms with Crippen LogP contribution in [0.5, 0.6) is 0 Å². The van der Waals surface area contributed by atoms with Gasteiger partial charge in [0.1, 0.15) is 5.82 Å². The zero-order valence-corrected chi connectivity index (χ0v) is 14.6. The predicted molar refractivity (Wildman–Crippen MR) is 102 cm³/mol. The van der Waals surface area contributed by atoms with Crippen molar-refractivity contribution in [3.63, 3.8) is 0 Å². The minimum Gasteiger partial charge on any atom is -0.367 e. The lowest BCUT2D eigenvalue weighted by molar-refractivity contribution is 0.567. The number of thiophene rings is 1. The molecule has 0 unspecified atom stereocenters. The molecule has 0 saturated carbocycles. The van der Waals surface area contributed by atoms with Crippen LogP contribution in [0, 0.1) is 5.82 Å². The van der Waals surface area contributed by atoms with E-state index in [0.29, 0.717) is 27.5 Å². The van der Waals surface area contributed by atoms with Crippen LogP contribution in [0.3, 0.4) is 0 Å². The Kier molecular flexibility index (Phi) is 3.54. The van der Waals surface area contributed by atoms with E-state index in [4.69, 9.17) is 0 Å². The third kappa shape index (κ3) is 2.33. The fraction of sp³-hybridized carbons (Fsp3) is 0.222. The summed E-state index contributed by atoms with van der Waals surface area (Å²) in [4.78, 5) is 19.1. The number of piperazine rings is 1. The van der Waals surface area contributed by atoms with E-state index in [2.05, 4.69) is 15.4 Å². The monoisotopic (exact) mass is 369 g/mol. The molecule has 0 spiro atoms. The zero-order valence-electron chi connectivity index (χ0n) is 13.8. The van der Waals surface area contributed by atoms with E-state index in [-0.39, 0.29) is 11.4 Å². The number of benzene rings is 1. The first-order chi connectivity index (χ1) is 12.7. The number of H-pyrrole nitrogens is 1. The fourth-order valence-corrected chi connectivity index (χ4v) is 4.10. The van der Waals surface area contributed by atoms with Crippen LogP contribution in [0.2, 0.25) is 0 Å². The Labute approximate surface area is 151 Å². The molecule has 2 N–H and O–H groups in total. The Bertz CT molecular complexity index is 1160. The molecule has 4 aromatic rings. The second-order valence-electron chi connectivity index (χ2n) is 6.34. The molecule has 6 nitrogen and oxygen atoms in total. The van der Waals surface area contributed by atoms with E-state index in [1.807, 2.05) is 21.7 Å². The number of hydrogen-bond acceptors (Lipinski definition) is 5. The van der Waals surface area contributed by atoms with Crippen LogP contribution < -0.4 is 15.8 Å². The van der Waals surface area contributed by atoms with Gasteiger partial charge in [-0.2, -0.15) is 11.3 Å². The maximum absolute atomic E-state index is 14.8. The van der Waals surface area contributed by atoms with Gasteiger partial charge in [-0.05, 0) is 23.6 Å². The van der Waals surface area contributed by atoms with Gasteiger partial charge in [0.05, 0.1) is 27.8 Å². The number of halogens is 1. The number of aromatic amines is 1. The molecular formula is C18H16FN5OS. The van der Waals surface area contributed by atoms with Gasteiger partial charge in [-0.1, -0.05) is 0 Å². The van der Waals surface area contributed by atoms with Crippen LogP contribution in [0.1, 0.15) is 0 Å². The first-order valence-corrected chi connectivity index (χ1v) is 9.38. The molecule has 5 rings (SSSR count). The fourth-order valence-electron chi connectivity index (χ4n) is 3.48. The van der Waals surface area contributed by atoms with Crippen molar-refractivity contribution < 1.29 is 4.39 Å². The van der Waals surface area contributed by atoms with Crippen LogP contribution in [-0.4, -0.2) is 40.9 Å². The molecule has 1 aliphatic rings. The van der Waals surface area contributed by atoms with Crippen LogP contribution >= 0.6 is 11.3 Å². The average Bonchev–Trinajstić information content (AvgIpc) is 3.30. The minimum atomic E-state index is -0.294. The number of hydrogen-bond donors (Lipinski definition) is 2. The summed E-state index contributed by atoms with van der Waals surface area (Å²) < 4.78 is 16.3. The largest absolute Gasteiger partial charge is 0.367 e. The highest BCUT2D eigenvalue weighted by Crippen LogP contribution is 2.29. The molecule has 0 bridgehead atoms. The number of nitrogens with zero attached hydrogens (tertiary/aromatic N) is 3. The highest BCUT2D eigenvalue weighted by Gasteiger charge is 2.18. The quantitative estimate of drug-likeness (QED) is 0.570. The molecule has 3 aromatic heterocycles. The summed E-state index contributed by atoms with van der Waals surface area (Å²) in [5.41, 5.74) is 2.43. The first-order valence-electron chi connectivity index (χ1n) is 8.43. The average molecular weight is 369 g/mol. The normalized spacial score (nSPS) is 15.2. The second kappa shape index (κ2) is 5.93. The molecule has 4 heterocycles. The number of anilines is 1. The van der Waals surface area contributed by atoms with E-state index < -0.39 is 0 Å². The van der Waals surface area contributed by atoms with Crippen LogP contribution in [0.4, 0.5) is 10.1 Å². The summed E-state index contributed by atoms with van der Waals surface area (Å²) in [5.74, 6) is -0.294. The third-order valence-corrected chi connectivity index (χ3v) is 5.49. The van der Waals surface area contributed by atoms with Gasteiger partial charge < -0.3 is 10.2 Å². The minimum absolute atomic E-state index is 0.181. The topological polar surface area (TPSA) is 66.0 Å². The molecule has 1 aromatic carbocycles. The smallest absolute Gasteiger partial charge is 0.280 e. The Balaban J connectivity index is 1.72. The molecule has 26 heavy (non-hydrogen) atoms. The molecule has 0 atom stereocenters. The Hall–Kier alpha value is -2.71. The molecule has 132 valence electrons. The van der Waals surface area contributed by atoms with Gasteiger partial charge in [-0.15, -0.1) is 0 Å². The van der Waals surface area contributed by atoms with Crippen molar-refractivity contribution in [2.45, 2.75) is 0 Å². The first kappa shape index (κ1) is 15.5. The second-order valence-corrected chi connectivity index (χ2v) is 7.12. The molecule has 0 radical (unpaired) electrons. The number of pyridine rings is 1. The van der Waals surface area contributed by atoms with Gasteiger partial charge in [0.25, 0.3) is 5.56 Å². The highest BCUT2D eigenvalue weighted by atomic mass is 32.1. The maximum Gasteiger partial charge on any atom is 0.280 e. The van der Waals surface area contributed by atoms with Crippen molar-refractivity contribution in [2.24, 2.45) is 0 Å². The summed E-state index contributed by atoms with van der Waals surface area (Å²) in [5, 5.41) is 11.2. The van der Waals surface area contributed by atoms with Gasteiger partial charge in [-0.3, -0.25) is 14.9 Å². The number of aromatic nitrogens is 3. The predicted octanol–water partition coefficient (Wildman–Crippen LogP) is 2.48. The summed E-state index contributed by atoms with van der Waals surface area (Å²) in [6.45, 7) is 3.19. The van der Waals surface area contributed by atoms with E-state index in [9.17, 15) is 9.18 Å². The van der Waals surface area contributed by atoms with Crippen molar-refractivity contribution in [1.29, 1.82) is 0 Å². The lowest BCUT2D eigenvalue weighted by Gasteiger charge is -2.29. The number of nitrogens with one attached hydrogen (secondary N) is 2. The van der Waals surface area contributed by atoms with Crippen LogP contribution in [0.25, 0.3) is 27.5 Å². The number of fused-ring (bicyclic) bond motifs is 3. The lowest BCUT2D eigenvalue weighted by Crippen LogP contribution is -2.43. The molecule has 0 amide bonds. The van der Waals surface area contributed by atoms with E-state index >= 15 is 0 Å². The van der Waals surface area contributed by atoms with Crippen molar-refractivity contribution >= 4 is 38.8 Å². The van der Waals surface area contributed by atoms with Gasteiger partial charge in [0.15, 0.2) is 0 Å². The van der Waals surface area contributed by atoms with Gasteiger partial charge in [0, 0.05) is 43.1 Å². The Morgan fingerprint density at radius 1 is 1.19 bits per heavy atom. The summed E-state index contributed by atoms with van der Waals surface area (Å²) >= 11 is 1.51. The van der Waals surface area contributed by atoms with Crippen molar-refractivity contribution in [1.82, 2.24) is 20.1 Å². The van der Waals surface area contributed by atoms with Gasteiger partial charge in [0.2, 0.25) is 0 Å². The third-order valence-electron chi connectivity index (χ3n) is 4.82. The molecular weight excluding hydrogens is 353 g/mol. The SMILES string of the molecule is O=c1c2cnc3cc(N4CCNCC4)c(F)cc3c2[nH]n1-c1ccsc1. The summed E-state index contributed by atoms with van der Waals surface area (Å²) in [7, 11) is 0. The van der Waals surface area contributed by atoms with E-state index in [1.165, 1.54) is 22.1 Å². The molecule has 1 saturated heterocycles. The molecule has 0 aliphatic carbocycles. The Morgan fingerprint density at radius 2 is 2.04 bits per heavy atom. The zero-order chi connectivity index (χ0) is 17.7. The lowest BCUT2D eigenvalue weighted by atomic mass is 10.1. The van der Waals surface area contributed by atoms with Gasteiger partial charge in [-0.25, -0.2) is 9.07 Å². The van der Waals surface area contributed by atoms with Gasteiger partial charge >= 0.3 is 0 Å². The number of rotatable bonds is 2. The summed E-state index contributed by atoms with van der Waals surface area (Å²) in [6, 6.07) is 5.12.